The van der Waals surface area contributed by atoms with Gasteiger partial charge in [0.2, 0.25) is 0 Å². The van der Waals surface area contributed by atoms with Gasteiger partial charge in [0, 0.05) is 6.20 Å². The van der Waals surface area contributed by atoms with Crippen LogP contribution in [0.3, 0.4) is 0 Å². The summed E-state index contributed by atoms with van der Waals surface area (Å²) in [6.45, 7) is 0. The van der Waals surface area contributed by atoms with E-state index < -0.39 is 0 Å². The maximum atomic E-state index is 3.12. The molecule has 1 aliphatic rings. The Labute approximate surface area is 82.7 Å². The van der Waals surface area contributed by atoms with Crippen LogP contribution in [0.4, 0.5) is 0 Å². The summed E-state index contributed by atoms with van der Waals surface area (Å²) in [5, 5.41) is 2.07. The quantitative estimate of drug-likeness (QED) is 0.718. The smallest absolute Gasteiger partial charge is 0.0111 e. The summed E-state index contributed by atoms with van der Waals surface area (Å²) < 4.78 is 3.12. The van der Waals surface area contributed by atoms with E-state index in [1.807, 2.05) is 6.07 Å². The molecule has 66 valence electrons. The molecule has 0 radical (unpaired) electrons. The topological polar surface area (TPSA) is 12.0 Å². The molecular formula is C11H11NS. The zero-order chi connectivity index (χ0) is 8.93. The lowest BCUT2D eigenvalue weighted by atomic mass is 10.1. The normalized spacial score (nSPS) is 14.9. The lowest BCUT2D eigenvalue weighted by Crippen LogP contribution is -1.98. The van der Waals surface area contributed by atoms with Crippen molar-refractivity contribution in [2.75, 3.05) is 0 Å². The Bertz CT molecular complexity index is 327. The third-order valence-electron chi connectivity index (χ3n) is 1.91. The van der Waals surface area contributed by atoms with Crippen molar-refractivity contribution in [2.24, 2.45) is 0 Å². The van der Waals surface area contributed by atoms with Gasteiger partial charge in [0.15, 0.2) is 0 Å². The van der Waals surface area contributed by atoms with Gasteiger partial charge in [-0.25, -0.2) is 0 Å². The minimum atomic E-state index is 1.00. The first kappa shape index (κ1) is 8.45. The van der Waals surface area contributed by atoms with Crippen molar-refractivity contribution in [3.63, 3.8) is 0 Å². The molecule has 0 unspecified atom stereocenters. The molecule has 2 heteroatoms. The molecule has 13 heavy (non-hydrogen) atoms. The number of allylic oxidation sites excluding steroid dienone is 2. The summed E-state index contributed by atoms with van der Waals surface area (Å²) in [6.07, 6.45) is 5.21. The largest absolute Gasteiger partial charge is 0.333 e. The van der Waals surface area contributed by atoms with E-state index >= 15 is 0 Å². The fourth-order valence-corrected chi connectivity index (χ4v) is 1.80. The number of benzene rings is 1. The van der Waals surface area contributed by atoms with Crippen molar-refractivity contribution >= 4 is 11.9 Å². The van der Waals surface area contributed by atoms with Crippen LogP contribution >= 0.6 is 11.9 Å². The van der Waals surface area contributed by atoms with Crippen LogP contribution in [0.2, 0.25) is 0 Å². The molecule has 0 aliphatic carbocycles. The first-order valence-corrected chi connectivity index (χ1v) is 5.14. The summed E-state index contributed by atoms with van der Waals surface area (Å²) in [7, 11) is 0. The maximum Gasteiger partial charge on any atom is 0.0111 e. The fraction of sp³-hybridized carbons (Fsp3) is 0.0909. The second-order valence-electron chi connectivity index (χ2n) is 2.92. The Morgan fingerprint density at radius 3 is 2.69 bits per heavy atom. The summed E-state index contributed by atoms with van der Waals surface area (Å²) in [6, 6.07) is 10.5. The second kappa shape index (κ2) is 4.19. The molecule has 1 aromatic carbocycles. The van der Waals surface area contributed by atoms with Crippen LogP contribution in [0.1, 0.15) is 5.56 Å². The van der Waals surface area contributed by atoms with E-state index in [0.717, 1.165) is 6.42 Å². The van der Waals surface area contributed by atoms with Crippen LogP contribution in [0, 0.1) is 0 Å². The van der Waals surface area contributed by atoms with Crippen molar-refractivity contribution in [3.8, 4) is 0 Å². The van der Waals surface area contributed by atoms with E-state index in [2.05, 4.69) is 46.7 Å². The highest BCUT2D eigenvalue weighted by Gasteiger charge is 1.98. The molecule has 0 amide bonds. The molecule has 0 aromatic heterocycles. The highest BCUT2D eigenvalue weighted by Crippen LogP contribution is 2.14. The van der Waals surface area contributed by atoms with Gasteiger partial charge in [0.1, 0.15) is 0 Å². The molecule has 0 saturated heterocycles. The standard InChI is InChI=1S/C11H11NS/c1-2-4-10(5-3-1)8-11-6-7-13-12-9-11/h1-7,9,12H,8H2. The summed E-state index contributed by atoms with van der Waals surface area (Å²) >= 11 is 1.60. The number of hydrogen-bond acceptors (Lipinski definition) is 2. The molecule has 0 spiro atoms. The predicted molar refractivity (Wildman–Crippen MR) is 58.1 cm³/mol. The highest BCUT2D eigenvalue weighted by molar-refractivity contribution is 8.00. The Morgan fingerprint density at radius 1 is 1.15 bits per heavy atom. The molecule has 1 heterocycles. The van der Waals surface area contributed by atoms with Crippen LogP contribution < -0.4 is 4.72 Å². The second-order valence-corrected chi connectivity index (χ2v) is 3.66. The van der Waals surface area contributed by atoms with Gasteiger partial charge in [-0.2, -0.15) is 0 Å². The molecule has 1 nitrogen and oxygen atoms in total. The van der Waals surface area contributed by atoms with Crippen molar-refractivity contribution < 1.29 is 0 Å². The Morgan fingerprint density at radius 2 is 2.00 bits per heavy atom. The van der Waals surface area contributed by atoms with E-state index in [4.69, 9.17) is 0 Å². The third-order valence-corrected chi connectivity index (χ3v) is 2.44. The van der Waals surface area contributed by atoms with E-state index in [1.54, 1.807) is 11.9 Å². The first-order valence-electron chi connectivity index (χ1n) is 4.26. The van der Waals surface area contributed by atoms with Crippen LogP contribution in [-0.2, 0) is 6.42 Å². The Hall–Kier alpha value is -1.15. The monoisotopic (exact) mass is 189 g/mol. The summed E-state index contributed by atoms with van der Waals surface area (Å²) in [5.74, 6) is 0. The van der Waals surface area contributed by atoms with Gasteiger partial charge in [-0.3, -0.25) is 0 Å². The van der Waals surface area contributed by atoms with Gasteiger partial charge < -0.3 is 4.72 Å². The van der Waals surface area contributed by atoms with E-state index in [-0.39, 0.29) is 0 Å². The van der Waals surface area contributed by atoms with Crippen LogP contribution in [0.5, 0.6) is 0 Å². The van der Waals surface area contributed by atoms with Crippen molar-refractivity contribution in [1.29, 1.82) is 0 Å². The third kappa shape index (κ3) is 2.39. The van der Waals surface area contributed by atoms with Gasteiger partial charge in [-0.05, 0) is 41.0 Å². The number of rotatable bonds is 2. The maximum absolute atomic E-state index is 3.12. The average Bonchev–Trinajstić information content (AvgIpc) is 2.21. The van der Waals surface area contributed by atoms with Crippen LogP contribution in [0.15, 0.2) is 53.6 Å². The highest BCUT2D eigenvalue weighted by atomic mass is 32.2. The van der Waals surface area contributed by atoms with Crippen LogP contribution in [0.25, 0.3) is 0 Å². The van der Waals surface area contributed by atoms with Gasteiger partial charge >= 0.3 is 0 Å². The van der Waals surface area contributed by atoms with Gasteiger partial charge in [0.25, 0.3) is 0 Å². The van der Waals surface area contributed by atoms with E-state index in [0.29, 0.717) is 0 Å². The molecule has 0 atom stereocenters. The average molecular weight is 189 g/mol. The minimum absolute atomic E-state index is 1.00. The van der Waals surface area contributed by atoms with Crippen molar-refractivity contribution in [3.05, 3.63) is 59.2 Å². The molecular weight excluding hydrogens is 178 g/mol. The van der Waals surface area contributed by atoms with Crippen molar-refractivity contribution in [1.82, 2.24) is 4.72 Å². The zero-order valence-corrected chi connectivity index (χ0v) is 8.05. The SMILES string of the molecule is C1=CC(Cc2ccccc2)=CNS1. The molecule has 0 bridgehead atoms. The van der Waals surface area contributed by atoms with E-state index in [9.17, 15) is 0 Å². The number of hydrogen-bond donors (Lipinski definition) is 1. The summed E-state index contributed by atoms with van der Waals surface area (Å²) in [4.78, 5) is 0. The molecule has 0 fully saturated rings. The lowest BCUT2D eigenvalue weighted by Gasteiger charge is -2.07. The molecule has 1 N–H and O–H groups in total. The van der Waals surface area contributed by atoms with Gasteiger partial charge in [-0.1, -0.05) is 30.3 Å². The fourth-order valence-electron chi connectivity index (χ4n) is 1.26. The lowest BCUT2D eigenvalue weighted by molar-refractivity contribution is 1.16. The number of nitrogens with one attached hydrogen (secondary N) is 1. The van der Waals surface area contributed by atoms with Crippen LogP contribution in [-0.4, -0.2) is 0 Å². The first-order chi connectivity index (χ1) is 6.45. The molecule has 0 saturated carbocycles. The van der Waals surface area contributed by atoms with Crippen molar-refractivity contribution in [2.45, 2.75) is 6.42 Å². The Balaban J connectivity index is 2.06. The summed E-state index contributed by atoms with van der Waals surface area (Å²) in [5.41, 5.74) is 2.68. The Kier molecular flexibility index (Phi) is 2.72. The van der Waals surface area contributed by atoms with Gasteiger partial charge in [0.05, 0.1) is 0 Å². The molecule has 2 rings (SSSR count). The minimum Gasteiger partial charge on any atom is -0.333 e. The van der Waals surface area contributed by atoms with E-state index in [1.165, 1.54) is 11.1 Å². The molecule has 1 aliphatic heterocycles. The van der Waals surface area contributed by atoms with Gasteiger partial charge in [-0.15, -0.1) is 0 Å². The molecule has 1 aromatic rings. The predicted octanol–water partition coefficient (Wildman–Crippen LogP) is 2.88. The zero-order valence-electron chi connectivity index (χ0n) is 7.23.